The van der Waals surface area contributed by atoms with Crippen molar-refractivity contribution in [2.24, 2.45) is 0 Å². The van der Waals surface area contributed by atoms with Crippen LogP contribution >= 0.6 is 0 Å². The van der Waals surface area contributed by atoms with Gasteiger partial charge in [-0.05, 0) is 31.2 Å². The fourth-order valence-electron chi connectivity index (χ4n) is 2.27. The maximum atomic E-state index is 5.87. The smallest absolute Gasteiger partial charge is 0.134 e. The number of hydrogen-bond donors (Lipinski definition) is 1. The van der Waals surface area contributed by atoms with Crippen molar-refractivity contribution in [3.05, 3.63) is 54.4 Å². The average molecular weight is 281 g/mol. The predicted molar refractivity (Wildman–Crippen MR) is 86.8 cm³/mol. The number of furan rings is 1. The van der Waals surface area contributed by atoms with Crippen molar-refractivity contribution in [2.45, 2.75) is 13.0 Å². The number of rotatable bonds is 4. The fourth-order valence-corrected chi connectivity index (χ4v) is 2.27. The van der Waals surface area contributed by atoms with Crippen molar-refractivity contribution in [1.82, 2.24) is 4.98 Å². The SMILES string of the molecule is CC(Nc1ccc(N(C)C)nc1)c1cc2ccccc2o1. The van der Waals surface area contributed by atoms with Crippen LogP contribution in [-0.4, -0.2) is 19.1 Å². The molecule has 3 rings (SSSR count). The van der Waals surface area contributed by atoms with Crippen LogP contribution in [0.25, 0.3) is 11.0 Å². The van der Waals surface area contributed by atoms with E-state index < -0.39 is 0 Å². The molecule has 0 saturated heterocycles. The van der Waals surface area contributed by atoms with E-state index in [2.05, 4.69) is 29.4 Å². The van der Waals surface area contributed by atoms with Crippen LogP contribution in [-0.2, 0) is 0 Å². The minimum atomic E-state index is 0.0874. The second-order valence-corrected chi connectivity index (χ2v) is 5.35. The summed E-state index contributed by atoms with van der Waals surface area (Å²) in [6.07, 6.45) is 1.84. The van der Waals surface area contributed by atoms with E-state index in [-0.39, 0.29) is 6.04 Å². The zero-order chi connectivity index (χ0) is 14.8. The highest BCUT2D eigenvalue weighted by Crippen LogP contribution is 2.26. The molecule has 0 aliphatic heterocycles. The topological polar surface area (TPSA) is 41.3 Å². The van der Waals surface area contributed by atoms with Crippen molar-refractivity contribution in [2.75, 3.05) is 24.3 Å². The molecule has 1 unspecified atom stereocenters. The minimum Gasteiger partial charge on any atom is -0.459 e. The number of aromatic nitrogens is 1. The molecular formula is C17H19N3O. The van der Waals surface area contributed by atoms with Crippen LogP contribution in [0, 0.1) is 0 Å². The van der Waals surface area contributed by atoms with E-state index in [0.717, 1.165) is 28.2 Å². The highest BCUT2D eigenvalue weighted by atomic mass is 16.3. The number of benzene rings is 1. The molecule has 0 saturated carbocycles. The number of anilines is 2. The highest BCUT2D eigenvalue weighted by molar-refractivity contribution is 5.77. The Morgan fingerprint density at radius 2 is 1.95 bits per heavy atom. The number of fused-ring (bicyclic) bond motifs is 1. The first-order valence-corrected chi connectivity index (χ1v) is 7.02. The van der Waals surface area contributed by atoms with Crippen LogP contribution in [0.4, 0.5) is 11.5 Å². The Hall–Kier alpha value is -2.49. The maximum absolute atomic E-state index is 5.87. The van der Waals surface area contributed by atoms with Gasteiger partial charge in [-0.2, -0.15) is 0 Å². The molecule has 0 spiro atoms. The van der Waals surface area contributed by atoms with Gasteiger partial charge in [-0.25, -0.2) is 4.98 Å². The Labute approximate surface area is 124 Å². The molecule has 0 fully saturated rings. The lowest BCUT2D eigenvalue weighted by molar-refractivity contribution is 0.526. The van der Waals surface area contributed by atoms with E-state index in [1.807, 2.05) is 55.5 Å². The van der Waals surface area contributed by atoms with E-state index in [9.17, 15) is 0 Å². The molecule has 2 heterocycles. The molecule has 4 nitrogen and oxygen atoms in total. The quantitative estimate of drug-likeness (QED) is 0.782. The number of para-hydroxylation sites is 1. The summed E-state index contributed by atoms with van der Waals surface area (Å²) in [7, 11) is 3.96. The molecular weight excluding hydrogens is 262 g/mol. The van der Waals surface area contributed by atoms with Gasteiger partial charge in [0, 0.05) is 19.5 Å². The minimum absolute atomic E-state index is 0.0874. The van der Waals surface area contributed by atoms with Crippen molar-refractivity contribution >= 4 is 22.5 Å². The van der Waals surface area contributed by atoms with Gasteiger partial charge in [0.1, 0.15) is 17.2 Å². The Morgan fingerprint density at radius 1 is 1.14 bits per heavy atom. The average Bonchev–Trinajstić information content (AvgIpc) is 2.92. The fraction of sp³-hybridized carbons (Fsp3) is 0.235. The predicted octanol–water partition coefficient (Wildman–Crippen LogP) is 4.07. The number of nitrogens with one attached hydrogen (secondary N) is 1. The molecule has 1 N–H and O–H groups in total. The third-order valence-electron chi connectivity index (χ3n) is 3.46. The Morgan fingerprint density at radius 3 is 2.62 bits per heavy atom. The molecule has 1 atom stereocenters. The molecule has 0 amide bonds. The first kappa shape index (κ1) is 13.5. The number of pyridine rings is 1. The molecule has 3 aromatic rings. The molecule has 0 bridgehead atoms. The summed E-state index contributed by atoms with van der Waals surface area (Å²) >= 11 is 0. The second-order valence-electron chi connectivity index (χ2n) is 5.35. The maximum Gasteiger partial charge on any atom is 0.134 e. The monoisotopic (exact) mass is 281 g/mol. The van der Waals surface area contributed by atoms with E-state index in [1.54, 1.807) is 0 Å². The summed E-state index contributed by atoms with van der Waals surface area (Å²) < 4.78 is 5.87. The van der Waals surface area contributed by atoms with Crippen LogP contribution < -0.4 is 10.2 Å². The van der Waals surface area contributed by atoms with Crippen molar-refractivity contribution in [1.29, 1.82) is 0 Å². The van der Waals surface area contributed by atoms with Gasteiger partial charge in [-0.15, -0.1) is 0 Å². The van der Waals surface area contributed by atoms with Crippen molar-refractivity contribution in [3.8, 4) is 0 Å². The van der Waals surface area contributed by atoms with Gasteiger partial charge in [0.2, 0.25) is 0 Å². The van der Waals surface area contributed by atoms with Gasteiger partial charge in [-0.3, -0.25) is 0 Å². The van der Waals surface area contributed by atoms with Gasteiger partial charge in [-0.1, -0.05) is 18.2 Å². The van der Waals surface area contributed by atoms with Gasteiger partial charge >= 0.3 is 0 Å². The van der Waals surface area contributed by atoms with Crippen LogP contribution in [0.2, 0.25) is 0 Å². The normalized spacial score (nSPS) is 12.3. The van der Waals surface area contributed by atoms with Crippen molar-refractivity contribution < 1.29 is 4.42 Å². The third-order valence-corrected chi connectivity index (χ3v) is 3.46. The van der Waals surface area contributed by atoms with Crippen LogP contribution in [0.15, 0.2) is 53.1 Å². The lowest BCUT2D eigenvalue weighted by atomic mass is 10.2. The first-order chi connectivity index (χ1) is 10.1. The molecule has 21 heavy (non-hydrogen) atoms. The molecule has 2 aromatic heterocycles. The Kier molecular flexibility index (Phi) is 3.52. The number of hydrogen-bond acceptors (Lipinski definition) is 4. The standard InChI is InChI=1S/C17H19N3O/c1-12(16-10-13-6-4-5-7-15(13)21-16)19-14-8-9-17(18-11-14)20(2)3/h4-12,19H,1-3H3. The molecule has 0 aliphatic carbocycles. The van der Waals surface area contributed by atoms with E-state index in [1.165, 1.54) is 0 Å². The van der Waals surface area contributed by atoms with E-state index in [0.29, 0.717) is 0 Å². The van der Waals surface area contributed by atoms with Gasteiger partial charge < -0.3 is 14.6 Å². The molecule has 108 valence electrons. The van der Waals surface area contributed by atoms with Gasteiger partial charge in [0.25, 0.3) is 0 Å². The lowest BCUT2D eigenvalue weighted by Gasteiger charge is -2.15. The lowest BCUT2D eigenvalue weighted by Crippen LogP contribution is -2.11. The third kappa shape index (κ3) is 2.84. The van der Waals surface area contributed by atoms with E-state index in [4.69, 9.17) is 4.42 Å². The largest absolute Gasteiger partial charge is 0.459 e. The molecule has 0 aliphatic rings. The summed E-state index contributed by atoms with van der Waals surface area (Å²) in [6.45, 7) is 2.08. The van der Waals surface area contributed by atoms with Crippen LogP contribution in [0.5, 0.6) is 0 Å². The Balaban J connectivity index is 1.77. The number of nitrogens with zero attached hydrogens (tertiary/aromatic N) is 2. The second kappa shape index (κ2) is 5.48. The van der Waals surface area contributed by atoms with E-state index >= 15 is 0 Å². The molecule has 0 radical (unpaired) electrons. The van der Waals surface area contributed by atoms with Crippen LogP contribution in [0.1, 0.15) is 18.7 Å². The highest BCUT2D eigenvalue weighted by Gasteiger charge is 2.11. The summed E-state index contributed by atoms with van der Waals surface area (Å²) in [4.78, 5) is 6.38. The Bertz CT molecular complexity index is 698. The summed E-state index contributed by atoms with van der Waals surface area (Å²) in [5, 5.41) is 4.54. The molecule has 1 aromatic carbocycles. The molecule has 4 heteroatoms. The zero-order valence-corrected chi connectivity index (χ0v) is 12.5. The summed E-state index contributed by atoms with van der Waals surface area (Å²) in [5.74, 6) is 1.87. The van der Waals surface area contributed by atoms with Crippen molar-refractivity contribution in [3.63, 3.8) is 0 Å². The van der Waals surface area contributed by atoms with Gasteiger partial charge in [0.15, 0.2) is 0 Å². The van der Waals surface area contributed by atoms with Gasteiger partial charge in [0.05, 0.1) is 17.9 Å². The van der Waals surface area contributed by atoms with Crippen LogP contribution in [0.3, 0.4) is 0 Å². The summed E-state index contributed by atoms with van der Waals surface area (Å²) in [5.41, 5.74) is 1.90. The summed E-state index contributed by atoms with van der Waals surface area (Å²) in [6, 6.07) is 14.2. The zero-order valence-electron chi connectivity index (χ0n) is 12.5. The first-order valence-electron chi connectivity index (χ1n) is 7.02.